The molecule has 2 N–H and O–H groups in total. The molecule has 0 spiro atoms. The van der Waals surface area contributed by atoms with E-state index in [0.717, 1.165) is 37.7 Å². The molecule has 0 aromatic heterocycles. The van der Waals surface area contributed by atoms with Crippen molar-refractivity contribution in [2.45, 2.75) is 52.7 Å². The van der Waals surface area contributed by atoms with Gasteiger partial charge in [-0.2, -0.15) is 0 Å². The van der Waals surface area contributed by atoms with Crippen LogP contribution in [0, 0.1) is 5.41 Å². The summed E-state index contributed by atoms with van der Waals surface area (Å²) in [5.41, 5.74) is 3.09. The fraction of sp³-hybridized carbons (Fsp3) is 0.737. The number of hydrogen-bond acceptors (Lipinski definition) is 3. The summed E-state index contributed by atoms with van der Waals surface area (Å²) >= 11 is 5.33. The molecule has 0 aromatic carbocycles. The second-order valence-corrected chi connectivity index (χ2v) is 8.02. The number of nitrogens with one attached hydrogen (secondary N) is 1. The number of thiocarbonyl (C=S) groups is 1. The van der Waals surface area contributed by atoms with E-state index in [1.54, 1.807) is 0 Å². The Morgan fingerprint density at radius 3 is 2.67 bits per heavy atom. The van der Waals surface area contributed by atoms with Crippen molar-refractivity contribution in [1.29, 1.82) is 0 Å². The largest absolute Gasteiger partial charge is 0.375 e. The maximum Gasteiger partial charge on any atom is 0.168 e. The summed E-state index contributed by atoms with van der Waals surface area (Å²) in [4.78, 5) is 4.32. The van der Waals surface area contributed by atoms with Crippen molar-refractivity contribution in [1.82, 2.24) is 15.1 Å². The van der Waals surface area contributed by atoms with Crippen LogP contribution >= 0.6 is 12.2 Å². The Morgan fingerprint density at radius 1 is 1.25 bits per heavy atom. The number of aliphatic hydroxyl groups excluding tert-OH is 1. The minimum atomic E-state index is -0.522. The van der Waals surface area contributed by atoms with Crippen molar-refractivity contribution in [3.8, 4) is 0 Å². The number of aliphatic hydroxyl groups is 1. The normalized spacial score (nSPS) is 24.1. The Bertz CT molecular complexity index is 513. The summed E-state index contributed by atoms with van der Waals surface area (Å²) in [6, 6.07) is 0. The molecular weight excluding hydrogens is 318 g/mol. The van der Waals surface area contributed by atoms with Crippen molar-refractivity contribution in [3.63, 3.8) is 0 Å². The van der Waals surface area contributed by atoms with E-state index in [0.29, 0.717) is 0 Å². The first-order valence-corrected chi connectivity index (χ1v) is 9.53. The van der Waals surface area contributed by atoms with Crippen LogP contribution < -0.4 is 5.32 Å². The highest BCUT2D eigenvalue weighted by molar-refractivity contribution is 7.80. The lowest BCUT2D eigenvalue weighted by Crippen LogP contribution is -2.41. The fourth-order valence-electron chi connectivity index (χ4n) is 3.88. The highest BCUT2D eigenvalue weighted by atomic mass is 32.1. The van der Waals surface area contributed by atoms with Crippen LogP contribution in [0.25, 0.3) is 0 Å². The lowest BCUT2D eigenvalue weighted by atomic mass is 9.72. The molecular formula is C19H33N3OS. The first-order chi connectivity index (χ1) is 11.3. The van der Waals surface area contributed by atoms with Gasteiger partial charge in [0.1, 0.15) is 6.23 Å². The number of rotatable bonds is 3. The molecule has 136 valence electrons. The van der Waals surface area contributed by atoms with Gasteiger partial charge in [0.2, 0.25) is 0 Å². The third kappa shape index (κ3) is 4.80. The van der Waals surface area contributed by atoms with Gasteiger partial charge in [-0.25, -0.2) is 0 Å². The average Bonchev–Trinajstić information content (AvgIpc) is 2.79. The van der Waals surface area contributed by atoms with Crippen LogP contribution in [0.1, 0.15) is 46.5 Å². The molecule has 1 heterocycles. The molecule has 1 aliphatic heterocycles. The van der Waals surface area contributed by atoms with Crippen LogP contribution in [0.2, 0.25) is 0 Å². The molecule has 0 bridgehead atoms. The van der Waals surface area contributed by atoms with Gasteiger partial charge in [-0.05, 0) is 61.9 Å². The van der Waals surface area contributed by atoms with E-state index >= 15 is 0 Å². The van der Waals surface area contributed by atoms with Crippen molar-refractivity contribution in [2.24, 2.45) is 5.41 Å². The van der Waals surface area contributed by atoms with Gasteiger partial charge in [0.15, 0.2) is 5.11 Å². The number of hydrogen-bond donors (Lipinski definition) is 2. The second kappa shape index (κ2) is 8.45. The van der Waals surface area contributed by atoms with E-state index in [1.165, 1.54) is 30.4 Å². The Kier molecular flexibility index (Phi) is 6.84. The first kappa shape index (κ1) is 19.4. The van der Waals surface area contributed by atoms with E-state index in [1.807, 2.05) is 13.1 Å². The van der Waals surface area contributed by atoms with Crippen molar-refractivity contribution in [3.05, 3.63) is 23.3 Å². The average molecular weight is 352 g/mol. The Hall–Kier alpha value is -0.910. The quantitative estimate of drug-likeness (QED) is 0.765. The van der Waals surface area contributed by atoms with Gasteiger partial charge in [0.05, 0.1) is 0 Å². The minimum Gasteiger partial charge on any atom is -0.375 e. The standard InChI is InChI=1S/C19H33N3OS/c1-15-7-5-10-19(2,3)16(15)8-9-17(23)21-11-6-12-22(14-13-21)18(24)20-4/h8-9,17,23H,5-7,10-14H2,1-4H3,(H,20,24)/b9-8+. The van der Waals surface area contributed by atoms with Crippen LogP contribution in [0.3, 0.4) is 0 Å². The molecule has 0 radical (unpaired) electrons. The summed E-state index contributed by atoms with van der Waals surface area (Å²) in [5.74, 6) is 0. The highest BCUT2D eigenvalue weighted by Gasteiger charge is 2.27. The number of nitrogens with zero attached hydrogens (tertiary/aromatic N) is 2. The smallest absolute Gasteiger partial charge is 0.168 e. The minimum absolute atomic E-state index is 0.215. The molecule has 1 fully saturated rings. The van der Waals surface area contributed by atoms with Crippen LogP contribution in [-0.2, 0) is 0 Å². The molecule has 0 saturated carbocycles. The van der Waals surface area contributed by atoms with E-state index in [9.17, 15) is 5.11 Å². The molecule has 0 aromatic rings. The van der Waals surface area contributed by atoms with Gasteiger partial charge in [0, 0.05) is 33.2 Å². The zero-order valence-electron chi connectivity index (χ0n) is 15.6. The third-order valence-corrected chi connectivity index (χ3v) is 5.85. The van der Waals surface area contributed by atoms with E-state index in [2.05, 4.69) is 42.0 Å². The maximum absolute atomic E-state index is 10.6. The molecule has 1 unspecified atom stereocenters. The molecule has 1 saturated heterocycles. The monoisotopic (exact) mass is 351 g/mol. The van der Waals surface area contributed by atoms with E-state index in [-0.39, 0.29) is 5.41 Å². The van der Waals surface area contributed by atoms with Gasteiger partial charge in [-0.3, -0.25) is 4.90 Å². The molecule has 1 aliphatic carbocycles. The number of allylic oxidation sites excluding steroid dienone is 3. The zero-order valence-corrected chi connectivity index (χ0v) is 16.5. The summed E-state index contributed by atoms with van der Waals surface area (Å²) in [7, 11) is 1.87. The lowest BCUT2D eigenvalue weighted by Gasteiger charge is -2.33. The van der Waals surface area contributed by atoms with E-state index in [4.69, 9.17) is 12.2 Å². The van der Waals surface area contributed by atoms with Gasteiger partial charge in [-0.1, -0.05) is 25.5 Å². The van der Waals surface area contributed by atoms with Gasteiger partial charge < -0.3 is 15.3 Å². The third-order valence-electron chi connectivity index (χ3n) is 5.38. The van der Waals surface area contributed by atoms with Crippen LogP contribution in [0.4, 0.5) is 0 Å². The molecule has 1 atom stereocenters. The fourth-order valence-corrected chi connectivity index (χ4v) is 4.06. The van der Waals surface area contributed by atoms with Crippen LogP contribution in [-0.4, -0.2) is 59.5 Å². The Morgan fingerprint density at radius 2 is 2.00 bits per heavy atom. The molecule has 5 heteroatoms. The van der Waals surface area contributed by atoms with Crippen molar-refractivity contribution >= 4 is 17.3 Å². The van der Waals surface area contributed by atoms with Crippen LogP contribution in [0.15, 0.2) is 23.3 Å². The molecule has 2 rings (SSSR count). The van der Waals surface area contributed by atoms with Crippen molar-refractivity contribution < 1.29 is 5.11 Å². The first-order valence-electron chi connectivity index (χ1n) is 9.12. The summed E-state index contributed by atoms with van der Waals surface area (Å²) in [5, 5.41) is 14.5. The highest BCUT2D eigenvalue weighted by Crippen LogP contribution is 2.40. The SMILES string of the molecule is CNC(=S)N1CCCN(C(O)/C=C/C2=C(C)CCCC2(C)C)CC1. The summed E-state index contributed by atoms with van der Waals surface area (Å²) in [6.45, 7) is 10.4. The zero-order chi connectivity index (χ0) is 17.7. The van der Waals surface area contributed by atoms with Crippen molar-refractivity contribution in [2.75, 3.05) is 33.2 Å². The summed E-state index contributed by atoms with van der Waals surface area (Å²) < 4.78 is 0. The van der Waals surface area contributed by atoms with Crippen LogP contribution in [0.5, 0.6) is 0 Å². The lowest BCUT2D eigenvalue weighted by molar-refractivity contribution is 0.0457. The molecule has 2 aliphatic rings. The topological polar surface area (TPSA) is 38.7 Å². The molecule has 24 heavy (non-hydrogen) atoms. The second-order valence-electron chi connectivity index (χ2n) is 7.64. The maximum atomic E-state index is 10.6. The predicted molar refractivity (Wildman–Crippen MR) is 105 cm³/mol. The summed E-state index contributed by atoms with van der Waals surface area (Å²) in [6.07, 6.45) is 8.30. The van der Waals surface area contributed by atoms with E-state index < -0.39 is 6.23 Å². The van der Waals surface area contributed by atoms with Gasteiger partial charge in [-0.15, -0.1) is 0 Å². The van der Waals surface area contributed by atoms with Gasteiger partial charge in [0.25, 0.3) is 0 Å². The molecule has 0 amide bonds. The Balaban J connectivity index is 1.99. The Labute approximate surface area is 152 Å². The predicted octanol–water partition coefficient (Wildman–Crippen LogP) is 2.90. The van der Waals surface area contributed by atoms with Gasteiger partial charge >= 0.3 is 0 Å². The molecule has 4 nitrogen and oxygen atoms in total.